The summed E-state index contributed by atoms with van der Waals surface area (Å²) in [6, 6.07) is 0. The zero-order valence-corrected chi connectivity index (χ0v) is 25.7. The van der Waals surface area contributed by atoms with Crippen LogP contribution in [0.5, 0.6) is 0 Å². The second-order valence-corrected chi connectivity index (χ2v) is 11.8. The molecule has 0 aromatic heterocycles. The van der Waals surface area contributed by atoms with Gasteiger partial charge in [0.2, 0.25) is 0 Å². The van der Waals surface area contributed by atoms with Gasteiger partial charge in [0.25, 0.3) is 0 Å². The SMILES string of the molecule is CCCCCCCC/C=C(/CCCCCCCC)C(CCCCCCCC)CCCCCCCCN. The van der Waals surface area contributed by atoms with Gasteiger partial charge in [-0.2, -0.15) is 0 Å². The van der Waals surface area contributed by atoms with Crippen LogP contribution in [0.15, 0.2) is 11.6 Å². The van der Waals surface area contributed by atoms with Crippen molar-refractivity contribution >= 4 is 0 Å². The Morgan fingerprint density at radius 2 is 0.861 bits per heavy atom. The van der Waals surface area contributed by atoms with E-state index in [4.69, 9.17) is 5.73 Å². The summed E-state index contributed by atoms with van der Waals surface area (Å²) in [7, 11) is 0. The Labute approximate surface area is 230 Å². The molecule has 0 radical (unpaired) electrons. The molecule has 1 atom stereocenters. The average Bonchev–Trinajstić information content (AvgIpc) is 2.89. The molecule has 0 aromatic carbocycles. The van der Waals surface area contributed by atoms with Gasteiger partial charge in [-0.1, -0.05) is 167 Å². The minimum Gasteiger partial charge on any atom is -0.330 e. The van der Waals surface area contributed by atoms with E-state index in [9.17, 15) is 0 Å². The normalized spacial score (nSPS) is 12.9. The van der Waals surface area contributed by atoms with Gasteiger partial charge in [0.1, 0.15) is 0 Å². The molecule has 0 fully saturated rings. The molecule has 36 heavy (non-hydrogen) atoms. The monoisotopic (exact) mass is 506 g/mol. The molecule has 0 amide bonds. The molecule has 0 aliphatic heterocycles. The minimum absolute atomic E-state index is 0.867. The summed E-state index contributed by atoms with van der Waals surface area (Å²) < 4.78 is 0. The first-order valence-electron chi connectivity index (χ1n) is 17.2. The van der Waals surface area contributed by atoms with E-state index < -0.39 is 0 Å². The van der Waals surface area contributed by atoms with Gasteiger partial charge in [-0.3, -0.25) is 0 Å². The number of unbranched alkanes of at least 4 members (excludes halogenated alkanes) is 21. The van der Waals surface area contributed by atoms with Gasteiger partial charge in [0.15, 0.2) is 0 Å². The van der Waals surface area contributed by atoms with Crippen LogP contribution < -0.4 is 5.73 Å². The van der Waals surface area contributed by atoms with Gasteiger partial charge < -0.3 is 5.73 Å². The molecule has 1 nitrogen and oxygen atoms in total. The minimum atomic E-state index is 0.867. The maximum absolute atomic E-state index is 5.67. The lowest BCUT2D eigenvalue weighted by Crippen LogP contribution is -2.06. The van der Waals surface area contributed by atoms with Crippen molar-refractivity contribution in [1.82, 2.24) is 0 Å². The third kappa shape index (κ3) is 25.4. The molecule has 0 bridgehead atoms. The van der Waals surface area contributed by atoms with Gasteiger partial charge in [0.05, 0.1) is 0 Å². The predicted octanol–water partition coefficient (Wildman–Crippen LogP) is 12.5. The van der Waals surface area contributed by atoms with E-state index in [1.807, 2.05) is 5.57 Å². The highest BCUT2D eigenvalue weighted by Gasteiger charge is 2.14. The van der Waals surface area contributed by atoms with Crippen molar-refractivity contribution in [1.29, 1.82) is 0 Å². The molecule has 2 N–H and O–H groups in total. The summed E-state index contributed by atoms with van der Waals surface area (Å²) in [5, 5.41) is 0. The van der Waals surface area contributed by atoms with Crippen molar-refractivity contribution in [3.63, 3.8) is 0 Å². The molecular weight excluding hydrogens is 434 g/mol. The Balaban J connectivity index is 4.80. The first-order chi connectivity index (χ1) is 17.8. The molecule has 0 rings (SSSR count). The fourth-order valence-corrected chi connectivity index (χ4v) is 5.72. The van der Waals surface area contributed by atoms with Gasteiger partial charge in [-0.15, -0.1) is 0 Å². The van der Waals surface area contributed by atoms with Crippen LogP contribution in [-0.2, 0) is 0 Å². The Morgan fingerprint density at radius 1 is 0.472 bits per heavy atom. The molecule has 0 heterocycles. The van der Waals surface area contributed by atoms with E-state index in [0.29, 0.717) is 0 Å². The van der Waals surface area contributed by atoms with Crippen LogP contribution in [0.3, 0.4) is 0 Å². The van der Waals surface area contributed by atoms with Gasteiger partial charge >= 0.3 is 0 Å². The van der Waals surface area contributed by atoms with Crippen LogP contribution in [-0.4, -0.2) is 6.54 Å². The second-order valence-electron chi connectivity index (χ2n) is 11.8. The number of allylic oxidation sites excluding steroid dienone is 2. The van der Waals surface area contributed by atoms with Crippen LogP contribution in [0.2, 0.25) is 0 Å². The summed E-state index contributed by atoms with van der Waals surface area (Å²) in [6.45, 7) is 7.84. The summed E-state index contributed by atoms with van der Waals surface area (Å²) in [4.78, 5) is 0. The highest BCUT2D eigenvalue weighted by atomic mass is 14.5. The van der Waals surface area contributed by atoms with E-state index in [-0.39, 0.29) is 0 Å². The van der Waals surface area contributed by atoms with Crippen LogP contribution in [0.4, 0.5) is 0 Å². The quantitative estimate of drug-likeness (QED) is 0.0762. The molecule has 0 aliphatic carbocycles. The summed E-state index contributed by atoms with van der Waals surface area (Å²) in [6.07, 6.45) is 42.2. The Kier molecular flexibility index (Phi) is 30.7. The number of hydrogen-bond acceptors (Lipinski definition) is 1. The Bertz CT molecular complexity index is 426. The largest absolute Gasteiger partial charge is 0.330 e. The highest BCUT2D eigenvalue weighted by molar-refractivity contribution is 5.07. The lowest BCUT2D eigenvalue weighted by atomic mass is 9.84. The van der Waals surface area contributed by atoms with Crippen LogP contribution in [0.1, 0.15) is 201 Å². The molecule has 1 heteroatoms. The lowest BCUT2D eigenvalue weighted by Gasteiger charge is -2.22. The van der Waals surface area contributed by atoms with E-state index in [0.717, 1.165) is 12.5 Å². The van der Waals surface area contributed by atoms with Crippen molar-refractivity contribution in [2.75, 3.05) is 6.54 Å². The third-order valence-corrected chi connectivity index (χ3v) is 8.22. The number of hydrogen-bond donors (Lipinski definition) is 1. The van der Waals surface area contributed by atoms with E-state index in [2.05, 4.69) is 26.8 Å². The van der Waals surface area contributed by atoms with Crippen molar-refractivity contribution < 1.29 is 0 Å². The maximum Gasteiger partial charge on any atom is -0.00773 e. The molecular formula is C35H71N. The molecule has 0 spiro atoms. The highest BCUT2D eigenvalue weighted by Crippen LogP contribution is 2.30. The smallest absolute Gasteiger partial charge is 0.00773 e. The fraction of sp³-hybridized carbons (Fsp3) is 0.943. The first kappa shape index (κ1) is 35.7. The molecule has 216 valence electrons. The summed E-state index contributed by atoms with van der Waals surface area (Å²) in [5.41, 5.74) is 7.55. The maximum atomic E-state index is 5.67. The van der Waals surface area contributed by atoms with Gasteiger partial charge in [0, 0.05) is 0 Å². The number of nitrogens with two attached hydrogens (primary N) is 1. The summed E-state index contributed by atoms with van der Waals surface area (Å²) in [5.74, 6) is 0.871. The zero-order chi connectivity index (χ0) is 26.4. The topological polar surface area (TPSA) is 26.0 Å². The number of rotatable bonds is 30. The van der Waals surface area contributed by atoms with Gasteiger partial charge in [-0.25, -0.2) is 0 Å². The van der Waals surface area contributed by atoms with Crippen molar-refractivity contribution in [2.45, 2.75) is 201 Å². The average molecular weight is 506 g/mol. The predicted molar refractivity (Wildman–Crippen MR) is 167 cm³/mol. The summed E-state index contributed by atoms with van der Waals surface area (Å²) >= 11 is 0. The standard InChI is InChI=1S/C35H71N/c1-4-7-10-13-16-21-26-31-34(29-24-19-14-11-8-5-2)35(30-25-20-15-12-9-6-3)32-27-22-17-18-23-28-33-36/h31,35H,4-30,32-33,36H2,1-3H3/b34-31-. The third-order valence-electron chi connectivity index (χ3n) is 8.22. The zero-order valence-electron chi connectivity index (χ0n) is 25.7. The van der Waals surface area contributed by atoms with Crippen LogP contribution >= 0.6 is 0 Å². The molecule has 0 saturated heterocycles. The molecule has 1 unspecified atom stereocenters. The first-order valence-corrected chi connectivity index (χ1v) is 17.2. The van der Waals surface area contributed by atoms with Crippen LogP contribution in [0.25, 0.3) is 0 Å². The van der Waals surface area contributed by atoms with Crippen molar-refractivity contribution in [3.05, 3.63) is 11.6 Å². The second kappa shape index (κ2) is 30.9. The van der Waals surface area contributed by atoms with E-state index >= 15 is 0 Å². The molecule has 0 saturated carbocycles. The van der Waals surface area contributed by atoms with Crippen molar-refractivity contribution in [2.24, 2.45) is 11.7 Å². The molecule has 0 aliphatic rings. The van der Waals surface area contributed by atoms with Crippen LogP contribution in [0, 0.1) is 5.92 Å². The Morgan fingerprint density at radius 3 is 1.33 bits per heavy atom. The van der Waals surface area contributed by atoms with Crippen molar-refractivity contribution in [3.8, 4) is 0 Å². The molecule has 0 aromatic rings. The lowest BCUT2D eigenvalue weighted by molar-refractivity contribution is 0.433. The van der Waals surface area contributed by atoms with Gasteiger partial charge in [-0.05, 0) is 57.4 Å². The fourth-order valence-electron chi connectivity index (χ4n) is 5.72. The Hall–Kier alpha value is -0.300. The van der Waals surface area contributed by atoms with E-state index in [1.165, 1.54) is 180 Å². The van der Waals surface area contributed by atoms with E-state index in [1.54, 1.807) is 0 Å².